The number of benzene rings is 2. The Bertz CT molecular complexity index is 878. The van der Waals surface area contributed by atoms with E-state index < -0.39 is 0 Å². The number of nitrogens with one attached hydrogen (secondary N) is 1. The number of carbonyl (C=O) groups excluding carboxylic acids is 1. The fourth-order valence-corrected chi connectivity index (χ4v) is 4.33. The zero-order chi connectivity index (χ0) is 17.6. The van der Waals surface area contributed by atoms with E-state index in [0.717, 1.165) is 23.2 Å². The van der Waals surface area contributed by atoms with E-state index >= 15 is 0 Å². The molecule has 0 fully saturated rings. The van der Waals surface area contributed by atoms with Gasteiger partial charge in [0.1, 0.15) is 0 Å². The van der Waals surface area contributed by atoms with Crippen LogP contribution in [0.5, 0.6) is 0 Å². The van der Waals surface area contributed by atoms with Gasteiger partial charge in [-0.15, -0.1) is 0 Å². The predicted octanol–water partition coefficient (Wildman–Crippen LogP) is 5.61. The predicted molar refractivity (Wildman–Crippen MR) is 101 cm³/mol. The van der Waals surface area contributed by atoms with Crippen molar-refractivity contribution in [2.45, 2.75) is 18.4 Å². The van der Waals surface area contributed by atoms with Gasteiger partial charge in [0.15, 0.2) is 0 Å². The van der Waals surface area contributed by atoms with Gasteiger partial charge in [0.25, 0.3) is 0 Å². The molecular weight excluding hydrogens is 357 g/mol. The molecule has 1 N–H and O–H groups in total. The van der Waals surface area contributed by atoms with E-state index in [9.17, 15) is 4.79 Å². The first-order chi connectivity index (χ1) is 12.1. The Kier molecular flexibility index (Phi) is 4.22. The fraction of sp³-hybridized carbons (Fsp3) is 0.250. The van der Waals surface area contributed by atoms with E-state index in [-0.39, 0.29) is 17.9 Å². The number of rotatable bonds is 2. The Labute approximate surface area is 156 Å². The zero-order valence-electron chi connectivity index (χ0n) is 13.6. The average Bonchev–Trinajstić information content (AvgIpc) is 3.12. The van der Waals surface area contributed by atoms with Crippen LogP contribution in [0, 0.1) is 5.92 Å². The minimum atomic E-state index is -0.318. The number of ether oxygens (including phenoxy) is 1. The second-order valence-electron chi connectivity index (χ2n) is 6.41. The van der Waals surface area contributed by atoms with Crippen molar-refractivity contribution in [3.63, 3.8) is 0 Å². The lowest BCUT2D eigenvalue weighted by molar-refractivity contribution is 0.0600. The van der Waals surface area contributed by atoms with Crippen molar-refractivity contribution in [3.05, 3.63) is 75.3 Å². The summed E-state index contributed by atoms with van der Waals surface area (Å²) in [5, 5.41) is 4.77. The van der Waals surface area contributed by atoms with E-state index in [1.807, 2.05) is 24.3 Å². The van der Waals surface area contributed by atoms with Crippen molar-refractivity contribution >= 4 is 34.9 Å². The maximum Gasteiger partial charge on any atom is 0.337 e. The van der Waals surface area contributed by atoms with Gasteiger partial charge >= 0.3 is 5.97 Å². The second-order valence-corrected chi connectivity index (χ2v) is 7.20. The molecule has 0 bridgehead atoms. The number of methoxy groups -OCH3 is 1. The Morgan fingerprint density at radius 2 is 2.04 bits per heavy atom. The van der Waals surface area contributed by atoms with E-state index in [1.54, 1.807) is 12.1 Å². The van der Waals surface area contributed by atoms with Crippen molar-refractivity contribution in [1.82, 2.24) is 0 Å². The Morgan fingerprint density at radius 1 is 1.20 bits per heavy atom. The molecule has 1 aliphatic carbocycles. The van der Waals surface area contributed by atoms with E-state index in [2.05, 4.69) is 17.5 Å². The van der Waals surface area contributed by atoms with Gasteiger partial charge in [-0.2, -0.15) is 0 Å². The molecule has 25 heavy (non-hydrogen) atoms. The molecule has 0 saturated heterocycles. The lowest BCUT2D eigenvalue weighted by atomic mass is 9.76. The summed E-state index contributed by atoms with van der Waals surface area (Å²) in [4.78, 5) is 11.9. The summed E-state index contributed by atoms with van der Waals surface area (Å²) in [6.45, 7) is 0. The smallest absolute Gasteiger partial charge is 0.337 e. The number of halogens is 2. The highest BCUT2D eigenvalue weighted by atomic mass is 35.5. The van der Waals surface area contributed by atoms with Gasteiger partial charge in [-0.25, -0.2) is 4.79 Å². The second kappa shape index (κ2) is 6.40. The van der Waals surface area contributed by atoms with Crippen LogP contribution in [0.3, 0.4) is 0 Å². The molecule has 5 heteroatoms. The van der Waals surface area contributed by atoms with Gasteiger partial charge in [-0.05, 0) is 47.7 Å². The third-order valence-corrected chi connectivity index (χ3v) is 5.93. The number of fused-ring (bicyclic) bond motifs is 3. The number of esters is 1. The van der Waals surface area contributed by atoms with Crippen LogP contribution in [-0.2, 0) is 4.74 Å². The molecule has 3 unspecified atom stereocenters. The van der Waals surface area contributed by atoms with Crippen molar-refractivity contribution in [1.29, 1.82) is 0 Å². The first kappa shape index (κ1) is 16.5. The van der Waals surface area contributed by atoms with E-state index in [1.165, 1.54) is 7.11 Å². The maximum atomic E-state index is 11.9. The summed E-state index contributed by atoms with van der Waals surface area (Å²) in [5.41, 5.74) is 3.72. The van der Waals surface area contributed by atoms with Crippen LogP contribution in [0.4, 0.5) is 5.69 Å². The third-order valence-electron chi connectivity index (χ3n) is 5.10. The van der Waals surface area contributed by atoms with Crippen LogP contribution >= 0.6 is 23.2 Å². The lowest BCUT2D eigenvalue weighted by Crippen LogP contribution is -2.29. The van der Waals surface area contributed by atoms with Crippen LogP contribution in [0.15, 0.2) is 48.6 Å². The molecule has 1 heterocycles. The van der Waals surface area contributed by atoms with Crippen molar-refractivity contribution in [2.24, 2.45) is 5.92 Å². The Hall–Kier alpha value is -1.97. The van der Waals surface area contributed by atoms with Crippen LogP contribution in [0.2, 0.25) is 10.0 Å². The van der Waals surface area contributed by atoms with E-state index in [4.69, 9.17) is 27.9 Å². The lowest BCUT2D eigenvalue weighted by Gasteiger charge is -2.38. The molecule has 3 atom stereocenters. The topological polar surface area (TPSA) is 38.3 Å². The normalized spacial score (nSPS) is 23.6. The molecule has 0 amide bonds. The number of hydrogen-bond acceptors (Lipinski definition) is 3. The first-order valence-corrected chi connectivity index (χ1v) is 8.95. The SMILES string of the molecule is COC(=O)c1ccc2c(c1)C1C=CCC1C(c1cccc(Cl)c1Cl)N2. The molecule has 2 aromatic carbocycles. The minimum Gasteiger partial charge on any atom is -0.465 e. The summed E-state index contributed by atoms with van der Waals surface area (Å²) in [7, 11) is 1.40. The summed E-state index contributed by atoms with van der Waals surface area (Å²) >= 11 is 12.7. The molecule has 1 aliphatic heterocycles. The molecule has 3 nitrogen and oxygen atoms in total. The summed E-state index contributed by atoms with van der Waals surface area (Å²) in [5.74, 6) is 0.249. The minimum absolute atomic E-state index is 0.0719. The molecular formula is C20H17Cl2NO2. The van der Waals surface area contributed by atoms with Crippen molar-refractivity contribution in [3.8, 4) is 0 Å². The monoisotopic (exact) mass is 373 g/mol. The number of anilines is 1. The molecule has 0 spiro atoms. The maximum absolute atomic E-state index is 11.9. The third kappa shape index (κ3) is 2.72. The number of allylic oxidation sites excluding steroid dienone is 2. The highest BCUT2D eigenvalue weighted by Crippen LogP contribution is 2.51. The van der Waals surface area contributed by atoms with Gasteiger partial charge in [0.2, 0.25) is 0 Å². The van der Waals surface area contributed by atoms with E-state index in [0.29, 0.717) is 21.5 Å². The number of carbonyl (C=O) groups is 1. The molecule has 2 aliphatic rings. The van der Waals surface area contributed by atoms with Crippen LogP contribution in [0.1, 0.15) is 39.9 Å². The first-order valence-electron chi connectivity index (χ1n) is 8.19. The molecule has 4 rings (SSSR count). The fourth-order valence-electron chi connectivity index (χ4n) is 3.91. The largest absolute Gasteiger partial charge is 0.465 e. The average molecular weight is 374 g/mol. The zero-order valence-corrected chi connectivity index (χ0v) is 15.1. The van der Waals surface area contributed by atoms with Gasteiger partial charge < -0.3 is 10.1 Å². The highest BCUT2D eigenvalue weighted by molar-refractivity contribution is 6.42. The quantitative estimate of drug-likeness (QED) is 0.549. The van der Waals surface area contributed by atoms with Crippen LogP contribution in [0.25, 0.3) is 0 Å². The molecule has 0 radical (unpaired) electrons. The van der Waals surface area contributed by atoms with Gasteiger partial charge in [-0.1, -0.05) is 47.5 Å². The Morgan fingerprint density at radius 3 is 2.84 bits per heavy atom. The van der Waals surface area contributed by atoms with Gasteiger partial charge in [0, 0.05) is 11.6 Å². The standard InChI is InChI=1S/C20H17Cl2NO2/c1-25-20(24)11-8-9-17-15(10-11)12-4-2-5-13(12)19(23-17)14-6-3-7-16(21)18(14)22/h2-4,6-10,12-13,19,23H,5H2,1H3. The molecule has 0 saturated carbocycles. The summed E-state index contributed by atoms with van der Waals surface area (Å²) in [6, 6.07) is 11.5. The van der Waals surface area contributed by atoms with Crippen LogP contribution in [-0.4, -0.2) is 13.1 Å². The van der Waals surface area contributed by atoms with Crippen molar-refractivity contribution < 1.29 is 9.53 Å². The van der Waals surface area contributed by atoms with Crippen LogP contribution < -0.4 is 5.32 Å². The van der Waals surface area contributed by atoms with Crippen molar-refractivity contribution in [2.75, 3.05) is 12.4 Å². The molecule has 0 aromatic heterocycles. The molecule has 2 aromatic rings. The Balaban J connectivity index is 1.79. The molecule has 128 valence electrons. The highest BCUT2D eigenvalue weighted by Gasteiger charge is 2.39. The number of hydrogen-bond donors (Lipinski definition) is 1. The summed E-state index contributed by atoms with van der Waals surface area (Å²) < 4.78 is 4.85. The van der Waals surface area contributed by atoms with Gasteiger partial charge in [-0.3, -0.25) is 0 Å². The van der Waals surface area contributed by atoms with Gasteiger partial charge in [0.05, 0.1) is 28.8 Å². The summed E-state index contributed by atoms with van der Waals surface area (Å²) in [6.07, 6.45) is 5.37.